The summed E-state index contributed by atoms with van der Waals surface area (Å²) in [6.07, 6.45) is 4.16. The average molecular weight is 254 g/mol. The molecule has 98 valence electrons. The Bertz CT molecular complexity index is 607. The van der Waals surface area contributed by atoms with E-state index in [2.05, 4.69) is 30.3 Å². The van der Waals surface area contributed by atoms with E-state index in [1.54, 1.807) is 0 Å². The number of hydrogen-bond donors (Lipinski definition) is 1. The lowest BCUT2D eigenvalue weighted by molar-refractivity contribution is -0.115. The van der Waals surface area contributed by atoms with Crippen molar-refractivity contribution in [2.75, 3.05) is 0 Å². The van der Waals surface area contributed by atoms with E-state index in [0.717, 1.165) is 31.2 Å². The van der Waals surface area contributed by atoms with Crippen molar-refractivity contribution in [2.24, 2.45) is 0 Å². The topological polar surface area (TPSA) is 29.5 Å². The van der Waals surface area contributed by atoms with Crippen molar-refractivity contribution in [3.63, 3.8) is 0 Å². The molecule has 0 spiro atoms. The first-order chi connectivity index (χ1) is 9.23. The third-order valence-electron chi connectivity index (χ3n) is 4.61. The molecule has 19 heavy (non-hydrogen) atoms. The SMILES string of the molecule is OC1(c2ccc3ccccc3c2)CC2CCC(C1)O2. The fourth-order valence-corrected chi connectivity index (χ4v) is 3.63. The Morgan fingerprint density at radius 2 is 1.63 bits per heavy atom. The van der Waals surface area contributed by atoms with Crippen molar-refractivity contribution in [1.29, 1.82) is 0 Å². The van der Waals surface area contributed by atoms with Gasteiger partial charge in [0.25, 0.3) is 0 Å². The van der Waals surface area contributed by atoms with E-state index in [1.807, 2.05) is 12.1 Å². The number of ether oxygens (including phenoxy) is 1. The van der Waals surface area contributed by atoms with E-state index in [9.17, 15) is 5.11 Å². The summed E-state index contributed by atoms with van der Waals surface area (Å²) in [4.78, 5) is 0. The van der Waals surface area contributed by atoms with Crippen LogP contribution in [0.1, 0.15) is 31.2 Å². The van der Waals surface area contributed by atoms with Gasteiger partial charge in [-0.2, -0.15) is 0 Å². The Morgan fingerprint density at radius 3 is 2.37 bits per heavy atom. The van der Waals surface area contributed by atoms with E-state index in [0.29, 0.717) is 0 Å². The molecule has 2 unspecified atom stereocenters. The average Bonchev–Trinajstić information content (AvgIpc) is 2.78. The predicted molar refractivity (Wildman–Crippen MR) is 75.0 cm³/mol. The standard InChI is InChI=1S/C17H18O2/c18-17(10-15-7-8-16(11-17)19-15)14-6-5-12-3-1-2-4-13(12)9-14/h1-6,9,15-16,18H,7-8,10-11H2. The number of benzene rings is 2. The van der Waals surface area contributed by atoms with Crippen LogP contribution in [-0.4, -0.2) is 17.3 Å². The number of fused-ring (bicyclic) bond motifs is 3. The highest BCUT2D eigenvalue weighted by Gasteiger charge is 2.44. The van der Waals surface area contributed by atoms with Crippen LogP contribution in [0, 0.1) is 0 Å². The second-order valence-electron chi connectivity index (χ2n) is 5.96. The summed E-state index contributed by atoms with van der Waals surface area (Å²) in [5, 5.41) is 13.4. The number of rotatable bonds is 1. The third kappa shape index (κ3) is 1.87. The molecule has 2 atom stereocenters. The van der Waals surface area contributed by atoms with Gasteiger partial charge in [0.05, 0.1) is 17.8 Å². The first-order valence-corrected chi connectivity index (χ1v) is 7.10. The Hall–Kier alpha value is -1.38. The van der Waals surface area contributed by atoms with E-state index in [-0.39, 0.29) is 12.2 Å². The van der Waals surface area contributed by atoms with Crippen molar-refractivity contribution in [2.45, 2.75) is 43.5 Å². The summed E-state index contributed by atoms with van der Waals surface area (Å²) in [6, 6.07) is 14.6. The lowest BCUT2D eigenvalue weighted by Crippen LogP contribution is -2.38. The molecule has 0 radical (unpaired) electrons. The van der Waals surface area contributed by atoms with Crippen molar-refractivity contribution < 1.29 is 9.84 Å². The van der Waals surface area contributed by atoms with Gasteiger partial charge in [-0.1, -0.05) is 36.4 Å². The van der Waals surface area contributed by atoms with Crippen molar-refractivity contribution >= 4 is 10.8 Å². The summed E-state index contributed by atoms with van der Waals surface area (Å²) in [7, 11) is 0. The third-order valence-corrected chi connectivity index (χ3v) is 4.61. The number of aliphatic hydroxyl groups is 1. The largest absolute Gasteiger partial charge is 0.385 e. The predicted octanol–water partition coefficient (Wildman–Crippen LogP) is 3.37. The van der Waals surface area contributed by atoms with Crippen LogP contribution in [0.2, 0.25) is 0 Å². The second-order valence-corrected chi connectivity index (χ2v) is 5.96. The molecular formula is C17H18O2. The minimum Gasteiger partial charge on any atom is -0.385 e. The van der Waals surface area contributed by atoms with Crippen LogP contribution < -0.4 is 0 Å². The molecule has 2 aliphatic heterocycles. The zero-order valence-electron chi connectivity index (χ0n) is 10.9. The van der Waals surface area contributed by atoms with E-state index in [4.69, 9.17) is 4.74 Å². The Balaban J connectivity index is 1.76. The Kier molecular flexibility index (Phi) is 2.44. The van der Waals surface area contributed by atoms with E-state index < -0.39 is 5.60 Å². The van der Waals surface area contributed by atoms with Gasteiger partial charge in [0.1, 0.15) is 0 Å². The van der Waals surface area contributed by atoms with Crippen LogP contribution in [-0.2, 0) is 10.3 Å². The van der Waals surface area contributed by atoms with Crippen LogP contribution in [0.5, 0.6) is 0 Å². The fourth-order valence-electron chi connectivity index (χ4n) is 3.63. The molecule has 4 rings (SSSR count). The highest BCUT2D eigenvalue weighted by atomic mass is 16.5. The Morgan fingerprint density at radius 1 is 0.947 bits per heavy atom. The molecule has 2 fully saturated rings. The summed E-state index contributed by atoms with van der Waals surface area (Å²) < 4.78 is 5.84. The molecule has 2 aliphatic rings. The molecule has 2 saturated heterocycles. The Labute approximate surface area is 113 Å². The van der Waals surface area contributed by atoms with Crippen molar-refractivity contribution in [3.05, 3.63) is 48.0 Å². The lowest BCUT2D eigenvalue weighted by Gasteiger charge is -2.37. The van der Waals surface area contributed by atoms with Crippen LogP contribution >= 0.6 is 0 Å². The maximum atomic E-state index is 11.0. The maximum absolute atomic E-state index is 11.0. The highest BCUT2D eigenvalue weighted by molar-refractivity contribution is 5.83. The molecule has 2 nitrogen and oxygen atoms in total. The van der Waals surface area contributed by atoms with Gasteiger partial charge in [-0.25, -0.2) is 0 Å². The second kappa shape index (κ2) is 4.06. The van der Waals surface area contributed by atoms with E-state index >= 15 is 0 Å². The maximum Gasteiger partial charge on any atom is 0.0946 e. The zero-order valence-corrected chi connectivity index (χ0v) is 10.9. The first-order valence-electron chi connectivity index (χ1n) is 7.10. The summed E-state index contributed by atoms with van der Waals surface area (Å²) in [5.41, 5.74) is 0.347. The fraction of sp³-hybridized carbons (Fsp3) is 0.412. The van der Waals surface area contributed by atoms with Gasteiger partial charge in [0.15, 0.2) is 0 Å². The summed E-state index contributed by atoms with van der Waals surface area (Å²) in [5.74, 6) is 0. The van der Waals surface area contributed by atoms with Gasteiger partial charge in [0, 0.05) is 12.8 Å². The highest BCUT2D eigenvalue weighted by Crippen LogP contribution is 2.44. The van der Waals surface area contributed by atoms with Crippen molar-refractivity contribution in [1.82, 2.24) is 0 Å². The van der Waals surface area contributed by atoms with Crippen LogP contribution in [0.15, 0.2) is 42.5 Å². The molecule has 2 bridgehead atoms. The molecule has 2 heteroatoms. The van der Waals surface area contributed by atoms with Gasteiger partial charge >= 0.3 is 0 Å². The van der Waals surface area contributed by atoms with Crippen LogP contribution in [0.25, 0.3) is 10.8 Å². The molecule has 0 saturated carbocycles. The molecule has 2 aromatic rings. The van der Waals surface area contributed by atoms with Gasteiger partial charge < -0.3 is 9.84 Å². The molecule has 0 aromatic heterocycles. The normalized spacial score (nSPS) is 33.7. The minimum absolute atomic E-state index is 0.246. The van der Waals surface area contributed by atoms with Gasteiger partial charge in [-0.15, -0.1) is 0 Å². The monoisotopic (exact) mass is 254 g/mol. The zero-order chi connectivity index (χ0) is 12.9. The van der Waals surface area contributed by atoms with Crippen LogP contribution in [0.4, 0.5) is 0 Å². The molecule has 1 N–H and O–H groups in total. The smallest absolute Gasteiger partial charge is 0.0946 e. The summed E-state index contributed by atoms with van der Waals surface area (Å²) >= 11 is 0. The van der Waals surface area contributed by atoms with Gasteiger partial charge in [-0.3, -0.25) is 0 Å². The lowest BCUT2D eigenvalue weighted by atomic mass is 9.83. The molecule has 0 aliphatic carbocycles. The number of hydrogen-bond acceptors (Lipinski definition) is 2. The van der Waals surface area contributed by atoms with E-state index in [1.165, 1.54) is 10.8 Å². The molecule has 2 aromatic carbocycles. The van der Waals surface area contributed by atoms with Crippen LogP contribution in [0.3, 0.4) is 0 Å². The molecule has 2 heterocycles. The van der Waals surface area contributed by atoms with Gasteiger partial charge in [-0.05, 0) is 35.2 Å². The summed E-state index contributed by atoms with van der Waals surface area (Å²) in [6.45, 7) is 0. The molecular weight excluding hydrogens is 236 g/mol. The molecule has 0 amide bonds. The minimum atomic E-state index is -0.700. The van der Waals surface area contributed by atoms with Gasteiger partial charge in [0.2, 0.25) is 0 Å². The quantitative estimate of drug-likeness (QED) is 0.845. The first kappa shape index (κ1) is 11.4. The van der Waals surface area contributed by atoms with Crippen molar-refractivity contribution in [3.8, 4) is 0 Å².